The highest BCUT2D eigenvalue weighted by atomic mass is 79.9. The molecule has 0 aliphatic carbocycles. The summed E-state index contributed by atoms with van der Waals surface area (Å²) in [5.41, 5.74) is 1.37. The lowest BCUT2D eigenvalue weighted by molar-refractivity contribution is -0.139. The molecule has 332 valence electrons. The van der Waals surface area contributed by atoms with Crippen molar-refractivity contribution in [2.24, 2.45) is 0 Å². The average Bonchev–Trinajstić information content (AvgIpc) is 2.91. The second-order valence-electron chi connectivity index (χ2n) is 11.4. The van der Waals surface area contributed by atoms with Crippen LogP contribution in [0.2, 0.25) is 0 Å². The molecule has 53 heavy (non-hydrogen) atoms. The molecule has 0 aliphatic heterocycles. The molecule has 0 aromatic rings. The van der Waals surface area contributed by atoms with Crippen LogP contribution < -0.4 is 5.48 Å². The lowest BCUT2D eigenvalue weighted by atomic mass is 10.2. The predicted octanol–water partition coefficient (Wildman–Crippen LogP) is 7.91. The Kier molecular flexibility index (Phi) is 48.8. The van der Waals surface area contributed by atoms with Crippen molar-refractivity contribution in [1.29, 1.82) is 0 Å². The average molecular weight is 963 g/mol. The molecule has 0 bridgehead atoms. The Bertz CT molecular complexity index is 1020. The fourth-order valence-corrected chi connectivity index (χ4v) is 3.91. The summed E-state index contributed by atoms with van der Waals surface area (Å²) >= 11 is 8.05. The zero-order valence-corrected chi connectivity index (χ0v) is 38.5. The van der Waals surface area contributed by atoms with Gasteiger partial charge in [-0.25, -0.2) is 10.3 Å². The number of carbonyl (C=O) groups is 6. The number of amides is 1. The topological polar surface area (TPSA) is 317 Å². The number of halogens is 1. The van der Waals surface area contributed by atoms with E-state index in [4.69, 9.17) is 46.7 Å². The molecule has 0 saturated carbocycles. The van der Waals surface area contributed by atoms with Gasteiger partial charge in [-0.1, -0.05) is 30.8 Å². The quantitative estimate of drug-likeness (QED) is 0.0405. The van der Waals surface area contributed by atoms with Crippen LogP contribution in [0, 0.1) is 0 Å². The third-order valence-electron chi connectivity index (χ3n) is 5.35. The SMILES string of the molecule is C.C.CC(=O)C(C)S(C)(O)O.CC(=O)CBr.CC(=O)CS(C)(O)O.CC(C)(C(=O)NO)S(C)(O)O.CC(C)(C(=O)O)S(C)(O)O.CS.CSCC(C)=O. The first-order chi connectivity index (χ1) is 22.2. The molecule has 0 heterocycles. The van der Waals surface area contributed by atoms with E-state index in [0.717, 1.165) is 12.5 Å². The summed E-state index contributed by atoms with van der Waals surface area (Å²) in [6.45, 7) is 12.6. The molecule has 0 radical (unpaired) electrons. The van der Waals surface area contributed by atoms with Gasteiger partial charge in [-0.3, -0.25) is 65.6 Å². The number of carboxylic acid groups (broad SMARTS) is 1. The molecule has 1 amide bonds. The highest BCUT2D eigenvalue weighted by molar-refractivity contribution is 9.09. The summed E-state index contributed by atoms with van der Waals surface area (Å²) in [7, 11) is -11.2. The van der Waals surface area contributed by atoms with Crippen LogP contribution in [0.5, 0.6) is 0 Å². The Morgan fingerprint density at radius 3 is 1.04 bits per heavy atom. The maximum Gasteiger partial charge on any atom is 0.328 e. The zero-order valence-electron chi connectivity index (χ0n) is 32.0. The summed E-state index contributed by atoms with van der Waals surface area (Å²) < 4.78 is 68.3. The van der Waals surface area contributed by atoms with E-state index in [1.807, 2.05) is 6.26 Å². The molecule has 0 spiro atoms. The second-order valence-corrected chi connectivity index (χ2v) is 23.0. The molecule has 1 unspecified atom stereocenters. The van der Waals surface area contributed by atoms with Crippen molar-refractivity contribution in [3.8, 4) is 0 Å². The van der Waals surface area contributed by atoms with Crippen LogP contribution in [0.25, 0.3) is 0 Å². The van der Waals surface area contributed by atoms with Gasteiger partial charge in [0.1, 0.15) is 27.3 Å². The molecule has 11 N–H and O–H groups in total. The highest BCUT2D eigenvalue weighted by Crippen LogP contribution is 2.49. The maximum absolute atomic E-state index is 10.8. The normalized spacial score (nSPS) is 12.5. The van der Waals surface area contributed by atoms with Gasteiger partial charge in [-0.2, -0.15) is 66.7 Å². The van der Waals surface area contributed by atoms with Gasteiger partial charge in [0.15, 0.2) is 10.5 Å². The van der Waals surface area contributed by atoms with E-state index in [1.165, 1.54) is 73.4 Å². The van der Waals surface area contributed by atoms with Gasteiger partial charge in [-0.15, -0.1) is 0 Å². The number of thiol groups is 1. The summed E-state index contributed by atoms with van der Waals surface area (Å²) in [4.78, 5) is 61.6. The smallest absolute Gasteiger partial charge is 0.328 e. The Labute approximate surface area is 342 Å². The van der Waals surface area contributed by atoms with Crippen LogP contribution in [0.15, 0.2) is 0 Å². The summed E-state index contributed by atoms with van der Waals surface area (Å²) in [5, 5.41) is 16.6. The lowest BCUT2D eigenvalue weighted by Gasteiger charge is -2.41. The van der Waals surface area contributed by atoms with Crippen molar-refractivity contribution in [3.05, 3.63) is 0 Å². The number of alkyl halides is 1. The fraction of sp³-hybridized carbons (Fsp3) is 0.793. The van der Waals surface area contributed by atoms with Crippen molar-refractivity contribution in [2.45, 2.75) is 91.9 Å². The van der Waals surface area contributed by atoms with Gasteiger partial charge in [0.05, 0.1) is 16.8 Å². The van der Waals surface area contributed by atoms with Crippen LogP contribution in [0.1, 0.15) is 77.2 Å². The molecular formula is C29H72BrNO16S6. The molecule has 0 aromatic heterocycles. The Morgan fingerprint density at radius 1 is 0.717 bits per heavy atom. The number of thioether (sulfide) groups is 1. The van der Waals surface area contributed by atoms with Crippen molar-refractivity contribution >= 4 is 118 Å². The number of hydrogen-bond acceptors (Lipinski definition) is 17. The summed E-state index contributed by atoms with van der Waals surface area (Å²) in [6.07, 6.45) is 8.43. The van der Waals surface area contributed by atoms with Crippen molar-refractivity contribution in [1.82, 2.24) is 5.48 Å². The van der Waals surface area contributed by atoms with Crippen molar-refractivity contribution in [3.63, 3.8) is 0 Å². The first-order valence-electron chi connectivity index (χ1n) is 13.8. The van der Waals surface area contributed by atoms with Crippen LogP contribution in [-0.2, 0) is 28.8 Å². The molecule has 0 rings (SSSR count). The van der Waals surface area contributed by atoms with Gasteiger partial charge < -0.3 is 5.11 Å². The molecule has 0 fully saturated rings. The Balaban J connectivity index is -0.0000000625. The first kappa shape index (κ1) is 73.9. The molecule has 0 saturated heterocycles. The van der Waals surface area contributed by atoms with Crippen LogP contribution in [0.4, 0.5) is 0 Å². The van der Waals surface area contributed by atoms with Gasteiger partial charge in [0.25, 0.3) is 5.91 Å². The third kappa shape index (κ3) is 47.9. The minimum Gasteiger partial charge on any atom is -0.480 e. The van der Waals surface area contributed by atoms with E-state index >= 15 is 0 Å². The maximum atomic E-state index is 10.8. The van der Waals surface area contributed by atoms with Gasteiger partial charge in [0.2, 0.25) is 0 Å². The minimum absolute atomic E-state index is 0. The number of hydrogen-bond donors (Lipinski definition) is 12. The fourth-order valence-electron chi connectivity index (χ4n) is 1.38. The molecule has 0 aliphatic rings. The first-order valence-corrected chi connectivity index (χ1v) is 25.2. The molecule has 0 aromatic carbocycles. The number of ketones is 4. The van der Waals surface area contributed by atoms with Crippen LogP contribution in [0.3, 0.4) is 0 Å². The van der Waals surface area contributed by atoms with E-state index in [-0.39, 0.29) is 43.7 Å². The lowest BCUT2D eigenvalue weighted by Crippen LogP contribution is -2.44. The monoisotopic (exact) mass is 961 g/mol. The molecule has 24 heteroatoms. The van der Waals surface area contributed by atoms with E-state index < -0.39 is 69.0 Å². The number of hydroxylamine groups is 1. The van der Waals surface area contributed by atoms with Gasteiger partial charge in [0, 0.05) is 25.0 Å². The van der Waals surface area contributed by atoms with Crippen LogP contribution in [-0.4, -0.2) is 151 Å². The third-order valence-corrected chi connectivity index (χ3v) is 13.7. The predicted molar refractivity (Wildman–Crippen MR) is 238 cm³/mol. The summed E-state index contributed by atoms with van der Waals surface area (Å²) in [5.74, 6) is -1.42. The molecule has 17 nitrogen and oxygen atoms in total. The largest absolute Gasteiger partial charge is 0.480 e. The Morgan fingerprint density at radius 2 is 1.02 bits per heavy atom. The van der Waals surface area contributed by atoms with E-state index in [0.29, 0.717) is 11.1 Å². The highest BCUT2D eigenvalue weighted by Gasteiger charge is 2.39. The van der Waals surface area contributed by atoms with Crippen molar-refractivity contribution in [2.75, 3.05) is 54.4 Å². The minimum atomic E-state index is -3.00. The standard InChI is InChI=1S/C5H13NO4S.C5H12O4S.C5H12O3S.C4H10O3S.C4H8OS.C3H5BrO.CH4S.2CH4/c1-5(2,4(7)6-8)11(3,9)10;1-5(2,4(6)7)10(3,8)9;1-4(6)5(2)9(3,7)8;1-4(5)3-8(2,6)7;1-4(5)3-6-2;1-3(5)2-4;1-2;;/h8-10H,1-3H3,(H,6,7);8-9H,1-3H3,(H,6,7);5,7-8H,1-3H3;6-7H,3H2,1-2H3;3H2,1-2H3;2H2,1H3;2H,1H3;2*1H4. The van der Waals surface area contributed by atoms with Crippen molar-refractivity contribution < 1.29 is 75.5 Å². The number of nitrogens with one attached hydrogen (secondary N) is 1. The zero-order chi connectivity index (χ0) is 43.6. The molecule has 1 atom stereocenters. The number of Topliss-reactive ketones (excluding diaryl/α,β-unsaturated/α-hetero) is 4. The van der Waals surface area contributed by atoms with E-state index in [1.54, 1.807) is 24.9 Å². The van der Waals surface area contributed by atoms with Gasteiger partial charge >= 0.3 is 5.97 Å². The van der Waals surface area contributed by atoms with E-state index in [2.05, 4.69) is 28.6 Å². The number of aliphatic carboxylic acids is 1. The van der Waals surface area contributed by atoms with E-state index in [9.17, 15) is 28.8 Å². The van der Waals surface area contributed by atoms with Crippen LogP contribution >= 0.6 is 82.7 Å². The van der Waals surface area contributed by atoms with Gasteiger partial charge in [-0.05, 0) is 74.8 Å². The number of carboxylic acids is 1. The summed E-state index contributed by atoms with van der Waals surface area (Å²) in [6, 6.07) is 0. The second kappa shape index (κ2) is 35.0. The Hall–Kier alpha value is -0.160. The number of carbonyl (C=O) groups excluding carboxylic acids is 5. The molecular weight excluding hydrogens is 891 g/mol. The number of rotatable bonds is 11.